The highest BCUT2D eigenvalue weighted by atomic mass is 16.6. The second-order valence-electron chi connectivity index (χ2n) is 21.7. The molecule has 0 aromatic heterocycles. The summed E-state index contributed by atoms with van der Waals surface area (Å²) in [4.78, 5) is 37.9. The number of carbonyl (C=O) groups is 3. The molecule has 0 heterocycles. The highest BCUT2D eigenvalue weighted by Gasteiger charge is 2.19. The van der Waals surface area contributed by atoms with E-state index in [1.165, 1.54) is 199 Å². The molecule has 0 saturated carbocycles. The Morgan fingerprint density at radius 1 is 0.284 bits per heavy atom. The lowest BCUT2D eigenvalue weighted by molar-refractivity contribution is -0.167. The van der Waals surface area contributed by atoms with E-state index in [1.54, 1.807) is 0 Å². The molecule has 0 saturated heterocycles. The minimum atomic E-state index is -0.770. The Bertz CT molecular complexity index is 1330. The highest BCUT2D eigenvalue weighted by Crippen LogP contribution is 2.18. The molecule has 74 heavy (non-hydrogen) atoms. The molecule has 0 N–H and O–H groups in total. The van der Waals surface area contributed by atoms with E-state index >= 15 is 0 Å². The standard InChI is InChI=1S/C68H122O6/c1-4-7-10-13-15-17-19-21-23-25-27-29-31-33-34-35-37-38-40-42-44-46-48-50-52-55-58-61-67(70)73-64-65(63-72-66(69)60-57-54-12-9-6-3)74-68(71)62-59-56-53-51-49-47-45-43-41-39-36-32-30-28-26-24-22-20-18-16-14-11-8-5-2/h7,10,15,17,21,23,27,29,33-34,65H,4-6,8-9,11-14,16,18-20,22,24-26,28,30-32,35-64H2,1-3H3/b10-7-,17-15-,23-21-,29-27-,34-33-. The lowest BCUT2D eigenvalue weighted by Crippen LogP contribution is -2.30. The van der Waals surface area contributed by atoms with Crippen LogP contribution in [-0.4, -0.2) is 37.2 Å². The summed E-state index contributed by atoms with van der Waals surface area (Å²) in [6.07, 6.45) is 80.0. The minimum Gasteiger partial charge on any atom is -0.462 e. The second kappa shape index (κ2) is 62.6. The van der Waals surface area contributed by atoms with Crippen molar-refractivity contribution in [2.24, 2.45) is 0 Å². The van der Waals surface area contributed by atoms with Crippen LogP contribution in [-0.2, 0) is 28.6 Å². The fraction of sp³-hybridized carbons (Fsp3) is 0.809. The molecule has 0 amide bonds. The van der Waals surface area contributed by atoms with Crippen LogP contribution in [0.3, 0.4) is 0 Å². The third kappa shape index (κ3) is 60.0. The number of ether oxygens (including phenoxy) is 3. The molecule has 1 atom stereocenters. The maximum atomic E-state index is 12.8. The first-order valence-corrected chi connectivity index (χ1v) is 32.3. The summed E-state index contributed by atoms with van der Waals surface area (Å²) in [6.45, 7) is 6.49. The van der Waals surface area contributed by atoms with Crippen molar-refractivity contribution in [1.82, 2.24) is 0 Å². The van der Waals surface area contributed by atoms with Gasteiger partial charge in [0, 0.05) is 19.3 Å². The zero-order valence-corrected chi connectivity index (χ0v) is 49.4. The Labute approximate surface area is 460 Å². The van der Waals surface area contributed by atoms with Crippen LogP contribution in [0.1, 0.15) is 335 Å². The van der Waals surface area contributed by atoms with Gasteiger partial charge in [0.25, 0.3) is 0 Å². The number of hydrogen-bond donors (Lipinski definition) is 0. The van der Waals surface area contributed by atoms with Gasteiger partial charge in [-0.05, 0) is 64.2 Å². The summed E-state index contributed by atoms with van der Waals surface area (Å²) < 4.78 is 16.8. The van der Waals surface area contributed by atoms with Gasteiger partial charge in [0.15, 0.2) is 6.10 Å². The summed E-state index contributed by atoms with van der Waals surface area (Å²) >= 11 is 0. The van der Waals surface area contributed by atoms with Crippen LogP contribution in [0.15, 0.2) is 60.8 Å². The topological polar surface area (TPSA) is 78.9 Å². The van der Waals surface area contributed by atoms with Crippen molar-refractivity contribution < 1.29 is 28.6 Å². The summed E-state index contributed by atoms with van der Waals surface area (Å²) in [5.41, 5.74) is 0. The zero-order valence-electron chi connectivity index (χ0n) is 49.4. The Morgan fingerprint density at radius 2 is 0.527 bits per heavy atom. The molecular formula is C68H122O6. The van der Waals surface area contributed by atoms with Gasteiger partial charge in [0.1, 0.15) is 13.2 Å². The van der Waals surface area contributed by atoms with E-state index in [9.17, 15) is 14.4 Å². The normalized spacial score (nSPS) is 12.4. The van der Waals surface area contributed by atoms with Gasteiger partial charge in [0.05, 0.1) is 0 Å². The van der Waals surface area contributed by atoms with Crippen molar-refractivity contribution >= 4 is 17.9 Å². The van der Waals surface area contributed by atoms with Crippen molar-refractivity contribution in [3.05, 3.63) is 60.8 Å². The molecule has 430 valence electrons. The van der Waals surface area contributed by atoms with Crippen LogP contribution in [0.2, 0.25) is 0 Å². The van der Waals surface area contributed by atoms with Crippen LogP contribution >= 0.6 is 0 Å². The second-order valence-corrected chi connectivity index (χ2v) is 21.7. The van der Waals surface area contributed by atoms with Crippen LogP contribution in [0, 0.1) is 0 Å². The SMILES string of the molecule is CC/C=C\C/C=C\C/C=C\C/C=C\C/C=C\CCCCCCCCCCCCCC(=O)OCC(COC(=O)CCCCCCC)OC(=O)CCCCCCCCCCCCCCCCCCCCCCCCCC. The van der Waals surface area contributed by atoms with Crippen molar-refractivity contribution in [1.29, 1.82) is 0 Å². The molecule has 6 heteroatoms. The average Bonchev–Trinajstić information content (AvgIpc) is 3.40. The van der Waals surface area contributed by atoms with Crippen molar-refractivity contribution in [3.63, 3.8) is 0 Å². The molecule has 0 aliphatic carbocycles. The smallest absolute Gasteiger partial charge is 0.306 e. The average molecular weight is 1040 g/mol. The molecule has 6 nitrogen and oxygen atoms in total. The van der Waals surface area contributed by atoms with E-state index in [-0.39, 0.29) is 31.1 Å². The number of rotatable bonds is 59. The van der Waals surface area contributed by atoms with Gasteiger partial charge in [-0.3, -0.25) is 14.4 Å². The molecule has 0 radical (unpaired) electrons. The van der Waals surface area contributed by atoms with Crippen LogP contribution in [0.25, 0.3) is 0 Å². The summed E-state index contributed by atoms with van der Waals surface area (Å²) in [6, 6.07) is 0. The summed E-state index contributed by atoms with van der Waals surface area (Å²) in [5, 5.41) is 0. The van der Waals surface area contributed by atoms with E-state index in [4.69, 9.17) is 14.2 Å². The van der Waals surface area contributed by atoms with Crippen molar-refractivity contribution in [2.75, 3.05) is 13.2 Å². The van der Waals surface area contributed by atoms with Crippen molar-refractivity contribution in [2.45, 2.75) is 341 Å². The molecule has 0 aliphatic heterocycles. The maximum absolute atomic E-state index is 12.8. The first-order chi connectivity index (χ1) is 36.5. The molecule has 0 aromatic rings. The van der Waals surface area contributed by atoms with Gasteiger partial charge in [-0.2, -0.15) is 0 Å². The summed E-state index contributed by atoms with van der Waals surface area (Å²) in [7, 11) is 0. The monoisotopic (exact) mass is 1030 g/mol. The van der Waals surface area contributed by atoms with Gasteiger partial charge in [-0.25, -0.2) is 0 Å². The van der Waals surface area contributed by atoms with E-state index < -0.39 is 6.10 Å². The largest absolute Gasteiger partial charge is 0.462 e. The van der Waals surface area contributed by atoms with Crippen LogP contribution in [0.4, 0.5) is 0 Å². The lowest BCUT2D eigenvalue weighted by atomic mass is 10.0. The van der Waals surface area contributed by atoms with Gasteiger partial charge < -0.3 is 14.2 Å². The molecule has 0 fully saturated rings. The molecule has 0 spiro atoms. The highest BCUT2D eigenvalue weighted by molar-refractivity contribution is 5.71. The Balaban J connectivity index is 4.01. The maximum Gasteiger partial charge on any atom is 0.306 e. The molecule has 0 rings (SSSR count). The number of unbranched alkanes of at least 4 members (excludes halogenated alkanes) is 38. The Kier molecular flexibility index (Phi) is 60.2. The number of hydrogen-bond acceptors (Lipinski definition) is 6. The minimum absolute atomic E-state index is 0.0721. The van der Waals surface area contributed by atoms with E-state index in [2.05, 4.69) is 81.5 Å². The Hall–Kier alpha value is -2.89. The number of carbonyl (C=O) groups excluding carboxylic acids is 3. The quantitative estimate of drug-likeness (QED) is 0.0261. The van der Waals surface area contributed by atoms with Crippen LogP contribution in [0.5, 0.6) is 0 Å². The van der Waals surface area contributed by atoms with Gasteiger partial charge >= 0.3 is 17.9 Å². The number of esters is 3. The first kappa shape index (κ1) is 71.1. The lowest BCUT2D eigenvalue weighted by Gasteiger charge is -2.18. The molecule has 1 unspecified atom stereocenters. The van der Waals surface area contributed by atoms with E-state index in [0.29, 0.717) is 19.3 Å². The fourth-order valence-electron chi connectivity index (χ4n) is 9.47. The van der Waals surface area contributed by atoms with Crippen molar-refractivity contribution in [3.8, 4) is 0 Å². The van der Waals surface area contributed by atoms with Crippen LogP contribution < -0.4 is 0 Å². The van der Waals surface area contributed by atoms with Gasteiger partial charge in [0.2, 0.25) is 0 Å². The fourth-order valence-corrected chi connectivity index (χ4v) is 9.47. The van der Waals surface area contributed by atoms with E-state index in [0.717, 1.165) is 96.3 Å². The van der Waals surface area contributed by atoms with Gasteiger partial charge in [-0.1, -0.05) is 313 Å². The third-order valence-corrected chi connectivity index (χ3v) is 14.3. The molecule has 0 bridgehead atoms. The zero-order chi connectivity index (χ0) is 53.6. The number of allylic oxidation sites excluding steroid dienone is 10. The summed E-state index contributed by atoms with van der Waals surface area (Å²) in [5.74, 6) is -0.871. The van der Waals surface area contributed by atoms with E-state index in [1.807, 2.05) is 0 Å². The molecule has 0 aromatic carbocycles. The van der Waals surface area contributed by atoms with Gasteiger partial charge in [-0.15, -0.1) is 0 Å². The predicted octanol–water partition coefficient (Wildman–Crippen LogP) is 21.9. The molecular weight excluding hydrogens is 913 g/mol. The molecule has 0 aliphatic rings. The predicted molar refractivity (Wildman–Crippen MR) is 321 cm³/mol. The Morgan fingerprint density at radius 3 is 0.824 bits per heavy atom. The third-order valence-electron chi connectivity index (χ3n) is 14.3. The first-order valence-electron chi connectivity index (χ1n) is 32.3.